The Kier molecular flexibility index (Phi) is 4.28. The number of nitrogens with two attached hydrogens (primary N) is 1. The maximum Gasteiger partial charge on any atom is 0.289 e. The first kappa shape index (κ1) is 15.5. The fourth-order valence-corrected chi connectivity index (χ4v) is 3.41. The Hall–Kier alpha value is -1.51. The van der Waals surface area contributed by atoms with Gasteiger partial charge in [-0.25, -0.2) is 13.1 Å². The minimum atomic E-state index is -4.01. The predicted octanol–water partition coefficient (Wildman–Crippen LogP) is 0.919. The second-order valence-corrected chi connectivity index (χ2v) is 6.49. The van der Waals surface area contributed by atoms with Crippen LogP contribution < -0.4 is 10.5 Å². The highest BCUT2D eigenvalue weighted by atomic mass is 32.2. The van der Waals surface area contributed by atoms with E-state index in [4.69, 9.17) is 5.73 Å². The van der Waals surface area contributed by atoms with Gasteiger partial charge in [-0.3, -0.25) is 10.1 Å². The topological polar surface area (TPSA) is 115 Å². The molecule has 1 aromatic carbocycles. The van der Waals surface area contributed by atoms with Crippen molar-refractivity contribution >= 4 is 15.7 Å². The summed E-state index contributed by atoms with van der Waals surface area (Å²) < 4.78 is 26.9. The van der Waals surface area contributed by atoms with Crippen molar-refractivity contribution in [3.63, 3.8) is 0 Å². The standard InChI is InChI=1S/C11H17N3O4S/c1-8-5-4-6-9(14(15)16)10(8)19(17,18)13-11(2,3)7-12/h4-6,13H,7,12H2,1-3H3. The lowest BCUT2D eigenvalue weighted by atomic mass is 10.1. The molecule has 0 saturated heterocycles. The van der Waals surface area contributed by atoms with Gasteiger partial charge >= 0.3 is 0 Å². The van der Waals surface area contributed by atoms with Gasteiger partial charge in [0, 0.05) is 18.2 Å². The number of rotatable bonds is 5. The van der Waals surface area contributed by atoms with Gasteiger partial charge in [-0.2, -0.15) is 0 Å². The summed E-state index contributed by atoms with van der Waals surface area (Å²) in [6.45, 7) is 4.80. The van der Waals surface area contributed by atoms with E-state index in [-0.39, 0.29) is 11.4 Å². The lowest BCUT2D eigenvalue weighted by Gasteiger charge is -2.24. The van der Waals surface area contributed by atoms with Crippen LogP contribution in [0.5, 0.6) is 0 Å². The molecule has 3 N–H and O–H groups in total. The zero-order chi connectivity index (χ0) is 14.8. The molecule has 0 radical (unpaired) electrons. The summed E-state index contributed by atoms with van der Waals surface area (Å²) in [7, 11) is -4.01. The third-order valence-electron chi connectivity index (χ3n) is 2.58. The molecule has 8 heteroatoms. The number of hydrogen-bond donors (Lipinski definition) is 2. The SMILES string of the molecule is Cc1cccc([N+](=O)[O-])c1S(=O)(=O)NC(C)(C)CN. The van der Waals surface area contributed by atoms with Crippen molar-refractivity contribution < 1.29 is 13.3 Å². The van der Waals surface area contributed by atoms with E-state index in [0.717, 1.165) is 6.07 Å². The molecule has 19 heavy (non-hydrogen) atoms. The summed E-state index contributed by atoms with van der Waals surface area (Å²) in [6, 6.07) is 4.12. The van der Waals surface area contributed by atoms with Crippen LogP contribution in [0.3, 0.4) is 0 Å². The smallest absolute Gasteiger partial charge is 0.289 e. The highest BCUT2D eigenvalue weighted by Gasteiger charge is 2.32. The Balaban J connectivity index is 3.41. The minimum absolute atomic E-state index is 0.0753. The van der Waals surface area contributed by atoms with Gasteiger partial charge in [0.05, 0.1) is 4.92 Å². The summed E-state index contributed by atoms with van der Waals surface area (Å²) in [5.41, 5.74) is 4.46. The maximum absolute atomic E-state index is 12.3. The molecular formula is C11H17N3O4S. The molecule has 0 unspecified atom stereocenters. The fourth-order valence-electron chi connectivity index (χ4n) is 1.59. The van der Waals surface area contributed by atoms with Crippen LogP contribution >= 0.6 is 0 Å². The molecule has 0 heterocycles. The van der Waals surface area contributed by atoms with Gasteiger partial charge in [-0.05, 0) is 26.3 Å². The van der Waals surface area contributed by atoms with Crippen molar-refractivity contribution in [3.05, 3.63) is 33.9 Å². The molecule has 7 nitrogen and oxygen atoms in total. The van der Waals surface area contributed by atoms with Crippen molar-refractivity contribution in [2.45, 2.75) is 31.2 Å². The van der Waals surface area contributed by atoms with E-state index in [0.29, 0.717) is 5.56 Å². The van der Waals surface area contributed by atoms with Gasteiger partial charge < -0.3 is 5.73 Å². The lowest BCUT2D eigenvalue weighted by Crippen LogP contribution is -2.48. The predicted molar refractivity (Wildman–Crippen MR) is 71.3 cm³/mol. The normalized spacial score (nSPS) is 12.4. The Morgan fingerprint density at radius 3 is 2.47 bits per heavy atom. The minimum Gasteiger partial charge on any atom is -0.329 e. The summed E-state index contributed by atoms with van der Waals surface area (Å²) in [4.78, 5) is 9.92. The summed E-state index contributed by atoms with van der Waals surface area (Å²) in [6.07, 6.45) is 0. The van der Waals surface area contributed by atoms with Gasteiger partial charge in [-0.15, -0.1) is 0 Å². The number of nitro benzene ring substituents is 1. The first-order valence-corrected chi connectivity index (χ1v) is 7.07. The third kappa shape index (κ3) is 3.49. The van der Waals surface area contributed by atoms with Crippen molar-refractivity contribution in [1.29, 1.82) is 0 Å². The summed E-state index contributed by atoms with van der Waals surface area (Å²) >= 11 is 0. The Morgan fingerprint density at radius 1 is 1.42 bits per heavy atom. The zero-order valence-electron chi connectivity index (χ0n) is 11.0. The monoisotopic (exact) mass is 287 g/mol. The van der Waals surface area contributed by atoms with E-state index in [9.17, 15) is 18.5 Å². The molecule has 0 atom stereocenters. The van der Waals surface area contributed by atoms with Gasteiger partial charge in [0.2, 0.25) is 10.0 Å². The molecule has 0 aliphatic heterocycles. The number of aryl methyl sites for hydroxylation is 1. The second-order valence-electron chi connectivity index (χ2n) is 4.87. The molecule has 0 aromatic heterocycles. The van der Waals surface area contributed by atoms with E-state index in [1.165, 1.54) is 19.1 Å². The maximum atomic E-state index is 12.3. The van der Waals surface area contributed by atoms with Crippen LogP contribution in [0.25, 0.3) is 0 Å². The van der Waals surface area contributed by atoms with E-state index in [1.54, 1.807) is 13.8 Å². The van der Waals surface area contributed by atoms with Crippen LogP contribution in [-0.4, -0.2) is 25.4 Å². The lowest BCUT2D eigenvalue weighted by molar-refractivity contribution is -0.387. The van der Waals surface area contributed by atoms with Crippen LogP contribution in [0.1, 0.15) is 19.4 Å². The van der Waals surface area contributed by atoms with Crippen LogP contribution in [0, 0.1) is 17.0 Å². The van der Waals surface area contributed by atoms with Crippen LogP contribution in [0.2, 0.25) is 0 Å². The van der Waals surface area contributed by atoms with Gasteiger partial charge in [0.1, 0.15) is 0 Å². The summed E-state index contributed by atoms with van der Waals surface area (Å²) in [5.74, 6) is 0. The largest absolute Gasteiger partial charge is 0.329 e. The fraction of sp³-hybridized carbons (Fsp3) is 0.455. The zero-order valence-corrected chi connectivity index (χ0v) is 11.8. The number of benzene rings is 1. The molecule has 0 saturated carbocycles. The molecule has 0 amide bonds. The highest BCUT2D eigenvalue weighted by molar-refractivity contribution is 7.89. The number of nitro groups is 1. The number of nitrogens with zero attached hydrogens (tertiary/aromatic N) is 1. The van der Waals surface area contributed by atoms with Crippen molar-refractivity contribution in [3.8, 4) is 0 Å². The summed E-state index contributed by atoms with van der Waals surface area (Å²) in [5, 5.41) is 10.9. The highest BCUT2D eigenvalue weighted by Crippen LogP contribution is 2.27. The van der Waals surface area contributed by atoms with Crippen molar-refractivity contribution in [2.24, 2.45) is 5.73 Å². The Labute approximate surface area is 112 Å². The second kappa shape index (κ2) is 5.24. The molecule has 0 bridgehead atoms. The first-order valence-electron chi connectivity index (χ1n) is 5.59. The van der Waals surface area contributed by atoms with Gasteiger partial charge in [-0.1, -0.05) is 12.1 Å². The van der Waals surface area contributed by atoms with Crippen molar-refractivity contribution in [2.75, 3.05) is 6.54 Å². The molecule has 0 aliphatic carbocycles. The molecule has 1 aromatic rings. The van der Waals surface area contributed by atoms with E-state index < -0.39 is 26.2 Å². The van der Waals surface area contributed by atoms with E-state index in [1.807, 2.05) is 0 Å². The van der Waals surface area contributed by atoms with E-state index in [2.05, 4.69) is 4.72 Å². The van der Waals surface area contributed by atoms with Gasteiger partial charge in [0.15, 0.2) is 4.90 Å². The first-order chi connectivity index (χ1) is 8.60. The molecule has 0 spiro atoms. The number of sulfonamides is 1. The quantitative estimate of drug-likeness (QED) is 0.617. The molecular weight excluding hydrogens is 270 g/mol. The Bertz CT molecular complexity index is 596. The number of hydrogen-bond acceptors (Lipinski definition) is 5. The van der Waals surface area contributed by atoms with Crippen LogP contribution in [-0.2, 0) is 10.0 Å². The third-order valence-corrected chi connectivity index (χ3v) is 4.47. The molecule has 1 rings (SSSR count). The van der Waals surface area contributed by atoms with Crippen LogP contribution in [0.4, 0.5) is 5.69 Å². The average Bonchev–Trinajstić information content (AvgIpc) is 2.26. The van der Waals surface area contributed by atoms with Gasteiger partial charge in [0.25, 0.3) is 5.69 Å². The van der Waals surface area contributed by atoms with Crippen molar-refractivity contribution in [1.82, 2.24) is 4.72 Å². The number of nitrogens with one attached hydrogen (secondary N) is 1. The molecule has 106 valence electrons. The molecule has 0 fully saturated rings. The Morgan fingerprint density at radius 2 is 2.00 bits per heavy atom. The average molecular weight is 287 g/mol. The molecule has 0 aliphatic rings. The van der Waals surface area contributed by atoms with E-state index >= 15 is 0 Å². The van der Waals surface area contributed by atoms with Crippen LogP contribution in [0.15, 0.2) is 23.1 Å².